The number of halogens is 1. The monoisotopic (exact) mass is 258 g/mol. The molecule has 1 unspecified atom stereocenters. The molecular weight excluding hydrogens is 235 g/mol. The fourth-order valence-electron chi connectivity index (χ4n) is 3.54. The largest absolute Gasteiger partial charge is 0.371 e. The summed E-state index contributed by atoms with van der Waals surface area (Å²) in [6, 6.07) is 0.963. The standard InChI is InChI=1S/C12H23FN4O/c1-15(10-2-4-16(13)5-3-10)11-6-12(18-7-11)8-17(14)9-12/h10-11H,2-9,14H2,1H3. The summed E-state index contributed by atoms with van der Waals surface area (Å²) in [7, 11) is 2.16. The Bertz CT molecular complexity index is 302. The van der Waals surface area contributed by atoms with Crippen molar-refractivity contribution in [2.45, 2.75) is 36.9 Å². The van der Waals surface area contributed by atoms with E-state index in [0.29, 0.717) is 25.2 Å². The molecule has 3 heterocycles. The Morgan fingerprint density at radius 3 is 2.56 bits per heavy atom. The van der Waals surface area contributed by atoms with E-state index in [2.05, 4.69) is 11.9 Å². The van der Waals surface area contributed by atoms with Gasteiger partial charge in [0.25, 0.3) is 0 Å². The summed E-state index contributed by atoms with van der Waals surface area (Å²) in [4.78, 5) is 2.40. The Morgan fingerprint density at radius 2 is 1.94 bits per heavy atom. The third-order valence-corrected chi connectivity index (χ3v) is 4.73. The molecule has 2 N–H and O–H groups in total. The Morgan fingerprint density at radius 1 is 1.28 bits per heavy atom. The van der Waals surface area contributed by atoms with Crippen molar-refractivity contribution in [3.63, 3.8) is 0 Å². The quantitative estimate of drug-likeness (QED) is 0.557. The minimum atomic E-state index is 0.00840. The van der Waals surface area contributed by atoms with E-state index in [1.54, 1.807) is 0 Å². The molecule has 3 aliphatic rings. The van der Waals surface area contributed by atoms with Crippen molar-refractivity contribution in [2.24, 2.45) is 5.84 Å². The second kappa shape index (κ2) is 4.68. The van der Waals surface area contributed by atoms with E-state index in [4.69, 9.17) is 10.6 Å². The van der Waals surface area contributed by atoms with Crippen molar-refractivity contribution >= 4 is 0 Å². The van der Waals surface area contributed by atoms with Crippen LogP contribution in [0.4, 0.5) is 4.48 Å². The van der Waals surface area contributed by atoms with Gasteiger partial charge in [0, 0.05) is 38.3 Å². The van der Waals surface area contributed by atoms with E-state index < -0.39 is 0 Å². The topological polar surface area (TPSA) is 45.0 Å². The lowest BCUT2D eigenvalue weighted by Gasteiger charge is -2.45. The first-order valence-electron chi connectivity index (χ1n) is 6.84. The molecule has 1 spiro atoms. The first-order chi connectivity index (χ1) is 8.58. The number of piperidine rings is 1. The summed E-state index contributed by atoms with van der Waals surface area (Å²) >= 11 is 0. The van der Waals surface area contributed by atoms with Crippen LogP contribution in [0.5, 0.6) is 0 Å². The van der Waals surface area contributed by atoms with E-state index in [0.717, 1.165) is 44.1 Å². The summed E-state index contributed by atoms with van der Waals surface area (Å²) in [6.45, 7) is 3.61. The lowest BCUT2D eigenvalue weighted by Crippen LogP contribution is -2.64. The lowest BCUT2D eigenvalue weighted by molar-refractivity contribution is -0.111. The smallest absolute Gasteiger partial charge is 0.0979 e. The average Bonchev–Trinajstić information content (AvgIpc) is 2.74. The molecule has 3 rings (SSSR count). The fourth-order valence-corrected chi connectivity index (χ4v) is 3.54. The van der Waals surface area contributed by atoms with Gasteiger partial charge >= 0.3 is 0 Å². The van der Waals surface area contributed by atoms with E-state index in [1.807, 2.05) is 5.01 Å². The third kappa shape index (κ3) is 2.28. The summed E-state index contributed by atoms with van der Waals surface area (Å²) in [5.41, 5.74) is 0.00840. The third-order valence-electron chi connectivity index (χ3n) is 4.73. The molecular formula is C12H23FN4O. The number of nitrogens with two attached hydrogens (primary N) is 1. The van der Waals surface area contributed by atoms with Gasteiger partial charge in [-0.15, -0.1) is 9.60 Å². The van der Waals surface area contributed by atoms with Crippen molar-refractivity contribution < 1.29 is 9.22 Å². The van der Waals surface area contributed by atoms with Gasteiger partial charge in [0.05, 0.1) is 12.2 Å². The van der Waals surface area contributed by atoms with Crippen LogP contribution in [0.1, 0.15) is 19.3 Å². The second-order valence-electron chi connectivity index (χ2n) is 6.06. The van der Waals surface area contributed by atoms with Gasteiger partial charge in [-0.25, -0.2) is 5.01 Å². The normalized spacial score (nSPS) is 34.3. The molecule has 5 nitrogen and oxygen atoms in total. The molecule has 3 aliphatic heterocycles. The number of rotatable bonds is 2. The highest BCUT2D eigenvalue weighted by atomic mass is 19.2. The summed E-state index contributed by atoms with van der Waals surface area (Å²) in [6.07, 6.45) is 2.89. The molecule has 0 aromatic carbocycles. The maximum absolute atomic E-state index is 13.0. The van der Waals surface area contributed by atoms with Crippen molar-refractivity contribution in [2.75, 3.05) is 39.8 Å². The zero-order valence-electron chi connectivity index (χ0n) is 11.0. The number of nitrogens with zero attached hydrogens (tertiary/aromatic N) is 3. The van der Waals surface area contributed by atoms with Gasteiger partial charge in [-0.05, 0) is 26.3 Å². The molecule has 18 heavy (non-hydrogen) atoms. The second-order valence-corrected chi connectivity index (χ2v) is 6.06. The Balaban J connectivity index is 1.53. The highest BCUT2D eigenvalue weighted by Gasteiger charge is 2.50. The minimum absolute atomic E-state index is 0.00840. The zero-order valence-corrected chi connectivity index (χ0v) is 11.0. The maximum Gasteiger partial charge on any atom is 0.0979 e. The molecule has 0 radical (unpaired) electrons. The van der Waals surface area contributed by atoms with Crippen LogP contribution in [0.3, 0.4) is 0 Å². The molecule has 6 heteroatoms. The minimum Gasteiger partial charge on any atom is -0.371 e. The number of hydrazine groups is 1. The summed E-state index contributed by atoms with van der Waals surface area (Å²) in [5, 5.41) is 2.74. The van der Waals surface area contributed by atoms with Crippen LogP contribution in [-0.2, 0) is 4.74 Å². The summed E-state index contributed by atoms with van der Waals surface area (Å²) < 4.78 is 18.9. The van der Waals surface area contributed by atoms with Crippen LogP contribution >= 0.6 is 0 Å². The molecule has 3 fully saturated rings. The number of likely N-dealkylation sites (N-methyl/N-ethyl adjacent to an activating group) is 1. The lowest BCUT2D eigenvalue weighted by atomic mass is 9.90. The van der Waals surface area contributed by atoms with Crippen LogP contribution in [-0.4, -0.2) is 72.5 Å². The highest BCUT2D eigenvalue weighted by Crippen LogP contribution is 2.36. The fraction of sp³-hybridized carbons (Fsp3) is 1.00. The average molecular weight is 258 g/mol. The molecule has 0 bridgehead atoms. The van der Waals surface area contributed by atoms with E-state index in [1.165, 1.54) is 0 Å². The number of hydrogen-bond acceptors (Lipinski definition) is 5. The van der Waals surface area contributed by atoms with Gasteiger partial charge in [0.15, 0.2) is 0 Å². The molecule has 0 saturated carbocycles. The Labute approximate surface area is 108 Å². The Kier molecular flexibility index (Phi) is 3.32. The summed E-state index contributed by atoms with van der Waals surface area (Å²) in [5.74, 6) is 5.71. The van der Waals surface area contributed by atoms with Gasteiger partial charge in [-0.2, -0.15) is 0 Å². The van der Waals surface area contributed by atoms with Gasteiger partial charge in [-0.1, -0.05) is 0 Å². The Hall–Kier alpha value is -0.270. The number of hydrogen-bond donors (Lipinski definition) is 1. The maximum atomic E-state index is 13.0. The van der Waals surface area contributed by atoms with Crippen molar-refractivity contribution in [1.29, 1.82) is 0 Å². The van der Waals surface area contributed by atoms with E-state index in [9.17, 15) is 4.48 Å². The molecule has 0 aromatic heterocycles. The molecule has 3 saturated heterocycles. The zero-order chi connectivity index (χ0) is 12.8. The molecule has 104 valence electrons. The SMILES string of the molecule is CN(C1CCN(F)CC1)C1COC2(C1)CN(N)C2. The van der Waals surface area contributed by atoms with Gasteiger partial charge in [0.1, 0.15) is 0 Å². The molecule has 0 aliphatic carbocycles. The van der Waals surface area contributed by atoms with Crippen LogP contribution < -0.4 is 5.84 Å². The number of ether oxygens (including phenoxy) is 1. The van der Waals surface area contributed by atoms with Gasteiger partial charge < -0.3 is 4.74 Å². The molecule has 0 aromatic rings. The molecule has 1 atom stereocenters. The van der Waals surface area contributed by atoms with Gasteiger partial charge in [0.2, 0.25) is 0 Å². The highest BCUT2D eigenvalue weighted by molar-refractivity contribution is 5.03. The van der Waals surface area contributed by atoms with Crippen molar-refractivity contribution in [3.8, 4) is 0 Å². The predicted molar refractivity (Wildman–Crippen MR) is 66.3 cm³/mol. The van der Waals surface area contributed by atoms with Crippen LogP contribution in [0.2, 0.25) is 0 Å². The van der Waals surface area contributed by atoms with Crippen molar-refractivity contribution in [1.82, 2.24) is 15.0 Å². The van der Waals surface area contributed by atoms with Crippen LogP contribution in [0.25, 0.3) is 0 Å². The first-order valence-corrected chi connectivity index (χ1v) is 6.84. The first kappa shape index (κ1) is 12.7. The molecule has 0 amide bonds. The van der Waals surface area contributed by atoms with E-state index >= 15 is 0 Å². The van der Waals surface area contributed by atoms with Crippen molar-refractivity contribution in [3.05, 3.63) is 0 Å². The van der Waals surface area contributed by atoms with Gasteiger partial charge in [-0.3, -0.25) is 10.7 Å². The van der Waals surface area contributed by atoms with Crippen LogP contribution in [0, 0.1) is 0 Å². The predicted octanol–water partition coefficient (Wildman–Crippen LogP) is -0.0159. The van der Waals surface area contributed by atoms with Crippen LogP contribution in [0.15, 0.2) is 0 Å². The van der Waals surface area contributed by atoms with E-state index in [-0.39, 0.29) is 5.60 Å².